The second-order valence-corrected chi connectivity index (χ2v) is 5.02. The Hall–Kier alpha value is -2.74. The molecule has 8 heteroatoms. The van der Waals surface area contributed by atoms with Crippen molar-refractivity contribution in [1.82, 2.24) is 15.0 Å². The zero-order valence-corrected chi connectivity index (χ0v) is 12.6. The van der Waals surface area contributed by atoms with Gasteiger partial charge in [0.25, 0.3) is 5.91 Å². The first-order valence-electron chi connectivity index (χ1n) is 7.22. The van der Waals surface area contributed by atoms with Crippen molar-refractivity contribution >= 4 is 17.7 Å². The number of anilines is 1. The van der Waals surface area contributed by atoms with Crippen molar-refractivity contribution in [3.8, 4) is 5.69 Å². The van der Waals surface area contributed by atoms with Gasteiger partial charge in [-0.15, -0.1) is 5.10 Å². The largest absolute Gasteiger partial charge is 0.464 e. The second-order valence-electron chi connectivity index (χ2n) is 5.02. The van der Waals surface area contributed by atoms with Crippen LogP contribution in [-0.4, -0.2) is 46.7 Å². The maximum atomic E-state index is 12.3. The Labute approximate surface area is 132 Å². The van der Waals surface area contributed by atoms with Crippen LogP contribution in [0.25, 0.3) is 5.69 Å². The lowest BCUT2D eigenvalue weighted by Gasteiger charge is -2.12. The van der Waals surface area contributed by atoms with E-state index in [2.05, 4.69) is 15.6 Å². The normalized spacial score (nSPS) is 17.0. The molecule has 23 heavy (non-hydrogen) atoms. The summed E-state index contributed by atoms with van der Waals surface area (Å²) in [6.45, 7) is 0.554. The van der Waals surface area contributed by atoms with Crippen molar-refractivity contribution in [1.29, 1.82) is 0 Å². The van der Waals surface area contributed by atoms with E-state index < -0.39 is 12.1 Å². The lowest BCUT2D eigenvalue weighted by molar-refractivity contribution is -0.124. The zero-order chi connectivity index (χ0) is 16.2. The Morgan fingerprint density at radius 2 is 2.13 bits per heavy atom. The Kier molecular flexibility index (Phi) is 4.33. The minimum atomic E-state index is -0.671. The number of nitrogens with zero attached hydrogens (tertiary/aromatic N) is 3. The highest BCUT2D eigenvalue weighted by molar-refractivity contribution is 6.00. The number of esters is 1. The molecule has 0 bridgehead atoms. The number of nitrogens with one attached hydrogen (secondary N) is 1. The molecule has 3 rings (SSSR count). The average molecular weight is 316 g/mol. The van der Waals surface area contributed by atoms with Crippen LogP contribution < -0.4 is 5.32 Å². The predicted molar refractivity (Wildman–Crippen MR) is 80.3 cm³/mol. The molecule has 0 aliphatic carbocycles. The van der Waals surface area contributed by atoms with Gasteiger partial charge >= 0.3 is 5.97 Å². The highest BCUT2D eigenvalue weighted by Gasteiger charge is 2.28. The smallest absolute Gasteiger partial charge is 0.362 e. The fourth-order valence-corrected chi connectivity index (χ4v) is 2.36. The molecule has 8 nitrogen and oxygen atoms in total. The van der Waals surface area contributed by atoms with E-state index in [9.17, 15) is 9.59 Å². The number of aromatic nitrogens is 3. The minimum Gasteiger partial charge on any atom is -0.464 e. The van der Waals surface area contributed by atoms with E-state index in [1.807, 2.05) is 18.2 Å². The maximum absolute atomic E-state index is 12.3. The number of ether oxygens (including phenoxy) is 2. The summed E-state index contributed by atoms with van der Waals surface area (Å²) in [6, 6.07) is 9.07. The minimum absolute atomic E-state index is 0.0531. The van der Waals surface area contributed by atoms with Gasteiger partial charge in [0, 0.05) is 6.61 Å². The van der Waals surface area contributed by atoms with Gasteiger partial charge in [0.15, 0.2) is 5.82 Å². The molecule has 1 amide bonds. The molecule has 1 saturated heterocycles. The number of hydrogen-bond donors (Lipinski definition) is 1. The molecule has 1 unspecified atom stereocenters. The standard InChI is InChI=1S/C15H16N4O4/c1-22-15(21)12-13(16-14(20)11-8-5-9-23-11)19(18-17-12)10-6-3-2-4-7-10/h2-4,6-7,11H,5,8-9H2,1H3,(H,16,20). The molecular weight excluding hydrogens is 300 g/mol. The fourth-order valence-electron chi connectivity index (χ4n) is 2.36. The van der Waals surface area contributed by atoms with Crippen molar-refractivity contribution in [3.05, 3.63) is 36.0 Å². The van der Waals surface area contributed by atoms with Crippen LogP contribution in [0, 0.1) is 0 Å². The molecule has 0 saturated carbocycles. The molecule has 1 fully saturated rings. The van der Waals surface area contributed by atoms with Crippen molar-refractivity contribution in [2.75, 3.05) is 19.0 Å². The SMILES string of the molecule is COC(=O)c1nnn(-c2ccccc2)c1NC(=O)C1CCCO1. The molecule has 0 spiro atoms. The first-order chi connectivity index (χ1) is 11.2. The van der Waals surface area contributed by atoms with Gasteiger partial charge in [0.2, 0.25) is 5.69 Å². The summed E-state index contributed by atoms with van der Waals surface area (Å²) in [5, 5.41) is 10.5. The Bertz CT molecular complexity index is 708. The highest BCUT2D eigenvalue weighted by atomic mass is 16.5. The third kappa shape index (κ3) is 3.07. The fraction of sp³-hybridized carbons (Fsp3) is 0.333. The number of amides is 1. The van der Waals surface area contributed by atoms with Crippen molar-refractivity contribution in [3.63, 3.8) is 0 Å². The second kappa shape index (κ2) is 6.57. The molecule has 1 aromatic carbocycles. The lowest BCUT2D eigenvalue weighted by Crippen LogP contribution is -2.28. The third-order valence-corrected chi connectivity index (χ3v) is 3.51. The van der Waals surface area contributed by atoms with Gasteiger partial charge in [-0.05, 0) is 25.0 Å². The van der Waals surface area contributed by atoms with E-state index >= 15 is 0 Å². The van der Waals surface area contributed by atoms with Crippen molar-refractivity contribution in [2.24, 2.45) is 0 Å². The Morgan fingerprint density at radius 1 is 1.35 bits per heavy atom. The van der Waals surface area contributed by atoms with Gasteiger partial charge < -0.3 is 14.8 Å². The van der Waals surface area contributed by atoms with Crippen LogP contribution in [0.1, 0.15) is 23.3 Å². The Morgan fingerprint density at radius 3 is 2.78 bits per heavy atom. The lowest BCUT2D eigenvalue weighted by atomic mass is 10.2. The van der Waals surface area contributed by atoms with E-state index in [0.29, 0.717) is 18.7 Å². The zero-order valence-electron chi connectivity index (χ0n) is 12.6. The molecule has 1 aromatic heterocycles. The Balaban J connectivity index is 1.96. The summed E-state index contributed by atoms with van der Waals surface area (Å²) >= 11 is 0. The number of benzene rings is 1. The molecule has 1 N–H and O–H groups in total. The number of rotatable bonds is 4. The number of methoxy groups -OCH3 is 1. The molecule has 120 valence electrons. The predicted octanol–water partition coefficient (Wildman–Crippen LogP) is 1.17. The molecule has 1 atom stereocenters. The number of hydrogen-bond acceptors (Lipinski definition) is 6. The van der Waals surface area contributed by atoms with Gasteiger partial charge in [-0.2, -0.15) is 4.68 Å². The maximum Gasteiger partial charge on any atom is 0.362 e. The van der Waals surface area contributed by atoms with Crippen LogP contribution in [0.2, 0.25) is 0 Å². The van der Waals surface area contributed by atoms with Crippen molar-refractivity contribution < 1.29 is 19.1 Å². The summed E-state index contributed by atoms with van der Waals surface area (Å²) in [4.78, 5) is 24.2. The van der Waals surface area contributed by atoms with Crippen LogP contribution >= 0.6 is 0 Å². The highest BCUT2D eigenvalue weighted by Crippen LogP contribution is 2.21. The van der Waals surface area contributed by atoms with Crippen LogP contribution in [0.15, 0.2) is 30.3 Å². The summed E-state index contributed by atoms with van der Waals surface area (Å²) in [5.41, 5.74) is 0.612. The van der Waals surface area contributed by atoms with Crippen LogP contribution in [0.5, 0.6) is 0 Å². The molecule has 0 radical (unpaired) electrons. The van der Waals surface area contributed by atoms with Crippen LogP contribution in [0.3, 0.4) is 0 Å². The van der Waals surface area contributed by atoms with Gasteiger partial charge in [0.05, 0.1) is 12.8 Å². The average Bonchev–Trinajstić information content (AvgIpc) is 3.25. The van der Waals surface area contributed by atoms with E-state index in [1.165, 1.54) is 11.8 Å². The van der Waals surface area contributed by atoms with Gasteiger partial charge in [0.1, 0.15) is 6.10 Å². The first kappa shape index (κ1) is 15.2. The van der Waals surface area contributed by atoms with Crippen molar-refractivity contribution in [2.45, 2.75) is 18.9 Å². The summed E-state index contributed by atoms with van der Waals surface area (Å²) in [6.07, 6.45) is 0.948. The van der Waals surface area contributed by atoms with Crippen LogP contribution in [-0.2, 0) is 14.3 Å². The quantitative estimate of drug-likeness (QED) is 0.851. The molecule has 1 aliphatic rings. The topological polar surface area (TPSA) is 95.3 Å². The van der Waals surface area contributed by atoms with Gasteiger partial charge in [-0.3, -0.25) is 4.79 Å². The summed E-state index contributed by atoms with van der Waals surface area (Å²) < 4.78 is 11.4. The van der Waals surface area contributed by atoms with Crippen LogP contribution in [0.4, 0.5) is 5.82 Å². The molecular formula is C15H16N4O4. The number of para-hydroxylation sites is 1. The van der Waals surface area contributed by atoms with E-state index in [-0.39, 0.29) is 17.4 Å². The van der Waals surface area contributed by atoms with E-state index in [1.54, 1.807) is 12.1 Å². The first-order valence-corrected chi connectivity index (χ1v) is 7.22. The number of carbonyl (C=O) groups is 2. The molecule has 2 heterocycles. The third-order valence-electron chi connectivity index (χ3n) is 3.51. The molecule has 1 aliphatic heterocycles. The van der Waals surface area contributed by atoms with E-state index in [0.717, 1.165) is 6.42 Å². The monoisotopic (exact) mass is 316 g/mol. The molecule has 2 aromatic rings. The van der Waals surface area contributed by atoms with Gasteiger partial charge in [-0.1, -0.05) is 23.4 Å². The number of carbonyl (C=O) groups excluding carboxylic acids is 2. The summed E-state index contributed by atoms with van der Waals surface area (Å²) in [5.74, 6) is -0.828. The summed E-state index contributed by atoms with van der Waals surface area (Å²) in [7, 11) is 1.25. The van der Waals surface area contributed by atoms with Gasteiger partial charge in [-0.25, -0.2) is 4.79 Å². The van der Waals surface area contributed by atoms with E-state index in [4.69, 9.17) is 9.47 Å².